The lowest BCUT2D eigenvalue weighted by Crippen LogP contribution is -1.86. The van der Waals surface area contributed by atoms with Crippen molar-refractivity contribution in [2.75, 3.05) is 0 Å². The van der Waals surface area contributed by atoms with Crippen LogP contribution >= 0.6 is 0 Å². The Morgan fingerprint density at radius 3 is 2.93 bits per heavy atom. The summed E-state index contributed by atoms with van der Waals surface area (Å²) in [6.45, 7) is 1.82. The average molecular weight is 190 g/mol. The first-order chi connectivity index (χ1) is 6.77. The van der Waals surface area contributed by atoms with Crippen LogP contribution in [-0.4, -0.2) is 10.2 Å². The fraction of sp³-hybridized carbons (Fsp3) is 0.364. The molecule has 2 aromatic rings. The number of aromatic nitrogens is 2. The summed E-state index contributed by atoms with van der Waals surface area (Å²) in [6, 6.07) is 3.22. The molecule has 1 fully saturated rings. The van der Waals surface area contributed by atoms with Gasteiger partial charge in [-0.2, -0.15) is 5.10 Å². The molecule has 1 aliphatic carbocycles. The summed E-state index contributed by atoms with van der Waals surface area (Å²) >= 11 is 0. The van der Waals surface area contributed by atoms with Gasteiger partial charge < -0.3 is 0 Å². The molecule has 0 atom stereocenters. The third-order valence-electron chi connectivity index (χ3n) is 2.93. The van der Waals surface area contributed by atoms with Gasteiger partial charge in [0.2, 0.25) is 0 Å². The molecule has 0 unspecified atom stereocenters. The van der Waals surface area contributed by atoms with Crippen LogP contribution in [0.2, 0.25) is 0 Å². The first kappa shape index (κ1) is 7.97. The van der Waals surface area contributed by atoms with Crippen LogP contribution in [0, 0.1) is 12.7 Å². The van der Waals surface area contributed by atoms with Gasteiger partial charge in [0.15, 0.2) is 0 Å². The molecule has 1 aromatic heterocycles. The van der Waals surface area contributed by atoms with Crippen molar-refractivity contribution in [2.45, 2.75) is 25.7 Å². The van der Waals surface area contributed by atoms with E-state index in [1.54, 1.807) is 6.07 Å². The van der Waals surface area contributed by atoms with Crippen molar-refractivity contribution in [3.05, 3.63) is 29.2 Å². The van der Waals surface area contributed by atoms with Crippen molar-refractivity contribution in [3.8, 4) is 0 Å². The first-order valence-corrected chi connectivity index (χ1v) is 4.90. The lowest BCUT2D eigenvalue weighted by atomic mass is 10.1. The Hall–Kier alpha value is -1.38. The van der Waals surface area contributed by atoms with E-state index in [9.17, 15) is 4.39 Å². The van der Waals surface area contributed by atoms with Gasteiger partial charge in [0.25, 0.3) is 0 Å². The topological polar surface area (TPSA) is 28.7 Å². The second-order valence-electron chi connectivity index (χ2n) is 3.98. The van der Waals surface area contributed by atoms with Gasteiger partial charge >= 0.3 is 0 Å². The number of hydrogen-bond donors (Lipinski definition) is 1. The van der Waals surface area contributed by atoms with Gasteiger partial charge in [0.05, 0.1) is 5.52 Å². The van der Waals surface area contributed by atoms with Crippen molar-refractivity contribution in [1.29, 1.82) is 0 Å². The monoisotopic (exact) mass is 190 g/mol. The zero-order valence-corrected chi connectivity index (χ0v) is 7.97. The van der Waals surface area contributed by atoms with E-state index in [-0.39, 0.29) is 5.82 Å². The largest absolute Gasteiger partial charge is 0.281 e. The molecule has 1 saturated carbocycles. The molecular formula is C11H11FN2. The minimum atomic E-state index is -0.138. The Morgan fingerprint density at radius 2 is 2.21 bits per heavy atom. The highest BCUT2D eigenvalue weighted by molar-refractivity contribution is 5.85. The van der Waals surface area contributed by atoms with Crippen molar-refractivity contribution in [2.24, 2.45) is 0 Å². The second kappa shape index (κ2) is 2.56. The van der Waals surface area contributed by atoms with E-state index >= 15 is 0 Å². The smallest absolute Gasteiger partial charge is 0.126 e. The highest BCUT2D eigenvalue weighted by atomic mass is 19.1. The zero-order valence-electron chi connectivity index (χ0n) is 7.97. The van der Waals surface area contributed by atoms with Crippen LogP contribution in [0.3, 0.4) is 0 Å². The van der Waals surface area contributed by atoms with Gasteiger partial charge in [0, 0.05) is 17.0 Å². The van der Waals surface area contributed by atoms with E-state index < -0.39 is 0 Å². The Morgan fingerprint density at radius 1 is 1.43 bits per heavy atom. The van der Waals surface area contributed by atoms with E-state index in [2.05, 4.69) is 10.2 Å². The quantitative estimate of drug-likeness (QED) is 0.735. The highest BCUT2D eigenvalue weighted by Gasteiger charge is 2.28. The number of nitrogens with zero attached hydrogens (tertiary/aromatic N) is 1. The molecule has 3 heteroatoms. The van der Waals surface area contributed by atoms with Crippen molar-refractivity contribution in [3.63, 3.8) is 0 Å². The molecule has 1 aromatic carbocycles. The number of halogens is 1. The van der Waals surface area contributed by atoms with E-state index in [1.807, 2.05) is 6.92 Å². The van der Waals surface area contributed by atoms with Gasteiger partial charge in [0.1, 0.15) is 5.82 Å². The molecule has 72 valence electrons. The number of aromatic amines is 1. The van der Waals surface area contributed by atoms with Crippen LogP contribution in [-0.2, 0) is 0 Å². The standard InChI is InChI=1S/C11H11FN2/c1-6-8(12)4-5-9-10(6)11(14-13-9)7-2-3-7/h4-5,7H,2-3H2,1H3,(H,13,14). The molecule has 0 amide bonds. The Bertz CT molecular complexity index is 497. The fourth-order valence-electron chi connectivity index (χ4n) is 1.95. The molecule has 0 saturated heterocycles. The summed E-state index contributed by atoms with van der Waals surface area (Å²) < 4.78 is 13.3. The molecule has 0 aliphatic heterocycles. The number of aryl methyl sites for hydroxylation is 1. The molecule has 3 rings (SSSR count). The third-order valence-corrected chi connectivity index (χ3v) is 2.93. The maximum atomic E-state index is 13.3. The molecular weight excluding hydrogens is 179 g/mol. The van der Waals surface area contributed by atoms with E-state index in [0.29, 0.717) is 5.92 Å². The number of rotatable bonds is 1. The average Bonchev–Trinajstić information content (AvgIpc) is 2.93. The van der Waals surface area contributed by atoms with Crippen LogP contribution in [0.5, 0.6) is 0 Å². The van der Waals surface area contributed by atoms with Gasteiger partial charge in [-0.05, 0) is 37.5 Å². The maximum absolute atomic E-state index is 13.3. The van der Waals surface area contributed by atoms with Crippen molar-refractivity contribution >= 4 is 10.9 Å². The predicted octanol–water partition coefficient (Wildman–Crippen LogP) is 2.89. The maximum Gasteiger partial charge on any atom is 0.126 e. The summed E-state index contributed by atoms with van der Waals surface area (Å²) in [4.78, 5) is 0. The van der Waals surface area contributed by atoms with Crippen LogP contribution < -0.4 is 0 Å². The SMILES string of the molecule is Cc1c(F)ccc2n[nH]c(C3CC3)c12. The highest BCUT2D eigenvalue weighted by Crippen LogP contribution is 2.42. The summed E-state index contributed by atoms with van der Waals surface area (Å²) in [5.41, 5.74) is 2.72. The van der Waals surface area contributed by atoms with Gasteiger partial charge in [-0.25, -0.2) is 4.39 Å². The molecule has 0 bridgehead atoms. The first-order valence-electron chi connectivity index (χ1n) is 4.90. The molecule has 1 heterocycles. The molecule has 0 radical (unpaired) electrons. The summed E-state index contributed by atoms with van der Waals surface area (Å²) in [5.74, 6) is 0.446. The lowest BCUT2D eigenvalue weighted by molar-refractivity contribution is 0.621. The number of nitrogens with one attached hydrogen (secondary N) is 1. The summed E-state index contributed by atoms with van der Waals surface area (Å²) in [5, 5.41) is 8.21. The Kier molecular flexibility index (Phi) is 1.46. The van der Waals surface area contributed by atoms with Gasteiger partial charge in [-0.3, -0.25) is 5.10 Å². The normalized spacial score (nSPS) is 16.4. The van der Waals surface area contributed by atoms with Gasteiger partial charge in [-0.1, -0.05) is 0 Å². The van der Waals surface area contributed by atoms with Crippen molar-refractivity contribution in [1.82, 2.24) is 10.2 Å². The van der Waals surface area contributed by atoms with Gasteiger partial charge in [-0.15, -0.1) is 0 Å². The molecule has 1 aliphatic rings. The Balaban J connectivity index is 2.36. The second-order valence-corrected chi connectivity index (χ2v) is 3.98. The number of H-pyrrole nitrogens is 1. The van der Waals surface area contributed by atoms with E-state index in [0.717, 1.165) is 22.2 Å². The zero-order chi connectivity index (χ0) is 9.71. The minimum Gasteiger partial charge on any atom is -0.281 e. The van der Waals surface area contributed by atoms with Crippen LogP contribution in [0.15, 0.2) is 12.1 Å². The Labute approximate surface area is 81.1 Å². The van der Waals surface area contributed by atoms with Crippen LogP contribution in [0.4, 0.5) is 4.39 Å². The molecule has 2 nitrogen and oxygen atoms in total. The lowest BCUT2D eigenvalue weighted by Gasteiger charge is -1.99. The molecule has 0 spiro atoms. The van der Waals surface area contributed by atoms with E-state index in [4.69, 9.17) is 0 Å². The number of benzene rings is 1. The molecule has 14 heavy (non-hydrogen) atoms. The number of fused-ring (bicyclic) bond motifs is 1. The summed E-state index contributed by atoms with van der Waals surface area (Å²) in [7, 11) is 0. The van der Waals surface area contributed by atoms with E-state index in [1.165, 1.54) is 18.9 Å². The summed E-state index contributed by atoms with van der Waals surface area (Å²) in [6.07, 6.45) is 2.40. The third kappa shape index (κ3) is 0.983. The molecule has 1 N–H and O–H groups in total. The van der Waals surface area contributed by atoms with Crippen LogP contribution in [0.1, 0.15) is 30.0 Å². The van der Waals surface area contributed by atoms with Crippen LogP contribution in [0.25, 0.3) is 10.9 Å². The number of hydrogen-bond acceptors (Lipinski definition) is 1. The minimum absolute atomic E-state index is 0.138. The van der Waals surface area contributed by atoms with Crippen molar-refractivity contribution < 1.29 is 4.39 Å². The fourth-order valence-corrected chi connectivity index (χ4v) is 1.95. The predicted molar refractivity (Wildman–Crippen MR) is 52.8 cm³/mol.